The number of aliphatic hydroxyl groups excluding tert-OH is 1. The number of hydrogen-bond donors (Lipinski definition) is 2. The Morgan fingerprint density at radius 1 is 1.28 bits per heavy atom. The lowest BCUT2D eigenvalue weighted by Gasteiger charge is -2.42. The molecule has 1 aromatic carbocycles. The molecule has 0 aliphatic rings. The molecular weight excluding hydrogens is 224 g/mol. The standard InChI is InChI=1S/C15H26N2O/c1-11-6-8-13(9-7-11)14(12(2)16)17(5)15(3,4)10-18/h6-9,12,14,18H,10,16H2,1-5H3. The third kappa shape index (κ3) is 3.31. The first-order chi connectivity index (χ1) is 8.29. The predicted molar refractivity (Wildman–Crippen MR) is 76.5 cm³/mol. The number of benzene rings is 1. The van der Waals surface area contributed by atoms with E-state index in [-0.39, 0.29) is 24.2 Å². The van der Waals surface area contributed by atoms with Crippen LogP contribution in [-0.4, -0.2) is 35.2 Å². The Hall–Kier alpha value is -0.900. The second kappa shape index (κ2) is 5.83. The van der Waals surface area contributed by atoms with Gasteiger partial charge in [0.25, 0.3) is 0 Å². The Morgan fingerprint density at radius 3 is 2.17 bits per heavy atom. The largest absolute Gasteiger partial charge is 0.394 e. The van der Waals surface area contributed by atoms with Crippen LogP contribution in [0.5, 0.6) is 0 Å². The van der Waals surface area contributed by atoms with Gasteiger partial charge >= 0.3 is 0 Å². The van der Waals surface area contributed by atoms with Gasteiger partial charge in [-0.3, -0.25) is 4.90 Å². The summed E-state index contributed by atoms with van der Waals surface area (Å²) < 4.78 is 0. The van der Waals surface area contributed by atoms with Crippen molar-refractivity contribution in [1.29, 1.82) is 0 Å². The second-order valence-electron chi connectivity index (χ2n) is 5.80. The highest BCUT2D eigenvalue weighted by atomic mass is 16.3. The summed E-state index contributed by atoms with van der Waals surface area (Å²) in [7, 11) is 2.02. The Bertz CT molecular complexity index is 371. The van der Waals surface area contributed by atoms with Gasteiger partial charge in [-0.05, 0) is 40.3 Å². The van der Waals surface area contributed by atoms with Gasteiger partial charge < -0.3 is 10.8 Å². The molecule has 0 saturated heterocycles. The number of nitrogens with zero attached hydrogens (tertiary/aromatic N) is 1. The maximum absolute atomic E-state index is 9.50. The highest BCUT2D eigenvalue weighted by molar-refractivity contribution is 5.25. The zero-order valence-electron chi connectivity index (χ0n) is 12.1. The molecular formula is C15H26N2O. The number of aryl methyl sites for hydroxylation is 1. The molecule has 0 bridgehead atoms. The normalized spacial score (nSPS) is 15.8. The fourth-order valence-corrected chi connectivity index (χ4v) is 2.13. The lowest BCUT2D eigenvalue weighted by Crippen LogP contribution is -2.50. The lowest BCUT2D eigenvalue weighted by atomic mass is 9.93. The van der Waals surface area contributed by atoms with E-state index in [2.05, 4.69) is 36.1 Å². The molecule has 0 fully saturated rings. The summed E-state index contributed by atoms with van der Waals surface area (Å²) in [4.78, 5) is 2.16. The molecule has 0 amide bonds. The summed E-state index contributed by atoms with van der Waals surface area (Å²) in [5.41, 5.74) is 8.28. The minimum atomic E-state index is -0.289. The lowest BCUT2D eigenvalue weighted by molar-refractivity contribution is 0.0370. The van der Waals surface area contributed by atoms with Crippen molar-refractivity contribution in [2.75, 3.05) is 13.7 Å². The van der Waals surface area contributed by atoms with E-state index in [0.717, 1.165) is 0 Å². The van der Waals surface area contributed by atoms with Crippen molar-refractivity contribution in [1.82, 2.24) is 4.90 Å². The number of hydrogen-bond acceptors (Lipinski definition) is 3. The average molecular weight is 250 g/mol. The van der Waals surface area contributed by atoms with Gasteiger partial charge in [-0.2, -0.15) is 0 Å². The third-order valence-corrected chi connectivity index (χ3v) is 3.68. The van der Waals surface area contributed by atoms with E-state index < -0.39 is 0 Å². The molecule has 2 atom stereocenters. The maximum Gasteiger partial charge on any atom is 0.0610 e. The molecule has 3 N–H and O–H groups in total. The molecule has 0 radical (unpaired) electrons. The van der Waals surface area contributed by atoms with E-state index in [1.54, 1.807) is 0 Å². The quantitative estimate of drug-likeness (QED) is 0.841. The molecule has 0 aliphatic heterocycles. The Balaban J connectivity index is 3.07. The van der Waals surface area contributed by atoms with Crippen LogP contribution in [0.25, 0.3) is 0 Å². The molecule has 0 heterocycles. The summed E-state index contributed by atoms with van der Waals surface area (Å²) in [5, 5.41) is 9.50. The first-order valence-electron chi connectivity index (χ1n) is 6.45. The molecule has 1 rings (SSSR count). The van der Waals surface area contributed by atoms with Crippen LogP contribution in [-0.2, 0) is 0 Å². The SMILES string of the molecule is Cc1ccc(C(C(C)N)N(C)C(C)(C)CO)cc1. The van der Waals surface area contributed by atoms with Crippen molar-refractivity contribution < 1.29 is 5.11 Å². The minimum Gasteiger partial charge on any atom is -0.394 e. The molecule has 0 spiro atoms. The van der Waals surface area contributed by atoms with Gasteiger partial charge in [0, 0.05) is 17.6 Å². The van der Waals surface area contributed by atoms with Crippen LogP contribution in [0.15, 0.2) is 24.3 Å². The average Bonchev–Trinajstić information content (AvgIpc) is 2.31. The zero-order chi connectivity index (χ0) is 13.9. The van der Waals surface area contributed by atoms with Crippen molar-refractivity contribution in [2.45, 2.75) is 45.3 Å². The van der Waals surface area contributed by atoms with Gasteiger partial charge in [0.1, 0.15) is 0 Å². The summed E-state index contributed by atoms with van der Waals surface area (Å²) in [5.74, 6) is 0. The Morgan fingerprint density at radius 2 is 1.78 bits per heavy atom. The van der Waals surface area contributed by atoms with Gasteiger partial charge in [-0.1, -0.05) is 29.8 Å². The molecule has 18 heavy (non-hydrogen) atoms. The minimum absolute atomic E-state index is 0.00327. The van der Waals surface area contributed by atoms with Crippen molar-refractivity contribution in [3.05, 3.63) is 35.4 Å². The molecule has 0 aliphatic carbocycles. The van der Waals surface area contributed by atoms with Gasteiger partial charge in [-0.15, -0.1) is 0 Å². The molecule has 0 saturated carbocycles. The van der Waals surface area contributed by atoms with Crippen LogP contribution < -0.4 is 5.73 Å². The van der Waals surface area contributed by atoms with E-state index >= 15 is 0 Å². The smallest absolute Gasteiger partial charge is 0.0610 e. The van der Waals surface area contributed by atoms with Gasteiger partial charge in [0.15, 0.2) is 0 Å². The van der Waals surface area contributed by atoms with E-state index in [4.69, 9.17) is 5.73 Å². The van der Waals surface area contributed by atoms with Gasteiger partial charge in [-0.25, -0.2) is 0 Å². The summed E-state index contributed by atoms with van der Waals surface area (Å²) in [6, 6.07) is 8.55. The van der Waals surface area contributed by atoms with Crippen molar-refractivity contribution in [2.24, 2.45) is 5.73 Å². The fraction of sp³-hybridized carbons (Fsp3) is 0.600. The molecule has 2 unspecified atom stereocenters. The highest BCUT2D eigenvalue weighted by Crippen LogP contribution is 2.28. The van der Waals surface area contributed by atoms with Crippen LogP contribution in [0.4, 0.5) is 0 Å². The van der Waals surface area contributed by atoms with Gasteiger partial charge in [0.2, 0.25) is 0 Å². The summed E-state index contributed by atoms with van der Waals surface area (Å²) >= 11 is 0. The van der Waals surface area contributed by atoms with Crippen LogP contribution >= 0.6 is 0 Å². The number of likely N-dealkylation sites (N-methyl/N-ethyl adjacent to an activating group) is 1. The first-order valence-corrected chi connectivity index (χ1v) is 6.45. The molecule has 0 aromatic heterocycles. The first kappa shape index (κ1) is 15.2. The number of aliphatic hydroxyl groups is 1. The van der Waals surface area contributed by atoms with E-state index in [0.29, 0.717) is 0 Å². The van der Waals surface area contributed by atoms with Crippen molar-refractivity contribution in [3.8, 4) is 0 Å². The van der Waals surface area contributed by atoms with Gasteiger partial charge in [0.05, 0.1) is 6.61 Å². The second-order valence-corrected chi connectivity index (χ2v) is 5.80. The van der Waals surface area contributed by atoms with E-state index in [1.807, 2.05) is 27.8 Å². The van der Waals surface area contributed by atoms with Crippen LogP contribution in [0.2, 0.25) is 0 Å². The van der Waals surface area contributed by atoms with Crippen LogP contribution in [0.1, 0.15) is 37.9 Å². The number of nitrogens with two attached hydrogens (primary N) is 1. The Labute approximate surface area is 111 Å². The monoisotopic (exact) mass is 250 g/mol. The van der Waals surface area contributed by atoms with Crippen molar-refractivity contribution in [3.63, 3.8) is 0 Å². The van der Waals surface area contributed by atoms with E-state index in [9.17, 15) is 5.11 Å². The maximum atomic E-state index is 9.50. The molecule has 3 heteroatoms. The molecule has 102 valence electrons. The third-order valence-electron chi connectivity index (χ3n) is 3.68. The summed E-state index contributed by atoms with van der Waals surface area (Å²) in [6.45, 7) is 8.24. The van der Waals surface area contributed by atoms with Crippen LogP contribution in [0.3, 0.4) is 0 Å². The molecule has 3 nitrogen and oxygen atoms in total. The van der Waals surface area contributed by atoms with Crippen LogP contribution in [0, 0.1) is 6.92 Å². The van der Waals surface area contributed by atoms with E-state index in [1.165, 1.54) is 11.1 Å². The topological polar surface area (TPSA) is 49.5 Å². The Kier molecular flexibility index (Phi) is 4.91. The molecule has 1 aromatic rings. The number of rotatable bonds is 5. The predicted octanol–water partition coefficient (Wildman–Crippen LogP) is 2.09. The van der Waals surface area contributed by atoms with Crippen molar-refractivity contribution >= 4 is 0 Å². The zero-order valence-corrected chi connectivity index (χ0v) is 12.1. The fourth-order valence-electron chi connectivity index (χ4n) is 2.13. The summed E-state index contributed by atoms with van der Waals surface area (Å²) in [6.07, 6.45) is 0. The highest BCUT2D eigenvalue weighted by Gasteiger charge is 2.31.